The highest BCUT2D eigenvalue weighted by atomic mass is 16.1. The molecule has 0 spiro atoms. The van der Waals surface area contributed by atoms with E-state index >= 15 is 0 Å². The molecule has 0 radical (unpaired) electrons. The molecule has 1 aliphatic carbocycles. The maximum absolute atomic E-state index is 12.2. The average molecular weight is 268 g/mol. The molecule has 104 valence electrons. The smallest absolute Gasteiger partial charge is 0.253 e. The monoisotopic (exact) mass is 268 g/mol. The lowest BCUT2D eigenvalue weighted by atomic mass is 9.83. The molecule has 3 nitrogen and oxygen atoms in total. The molecule has 2 aromatic carbocycles. The second-order valence-electron chi connectivity index (χ2n) is 5.63. The van der Waals surface area contributed by atoms with Gasteiger partial charge in [-0.25, -0.2) is 0 Å². The fourth-order valence-electron chi connectivity index (χ4n) is 2.72. The van der Waals surface area contributed by atoms with E-state index in [0.717, 1.165) is 29.7 Å². The van der Waals surface area contributed by atoms with E-state index in [2.05, 4.69) is 5.32 Å². The second kappa shape index (κ2) is 5.53. The lowest BCUT2D eigenvalue weighted by Crippen LogP contribution is -2.28. The molecule has 1 amide bonds. The number of rotatable bonds is 4. The molecule has 0 heterocycles. The third-order valence-corrected chi connectivity index (χ3v) is 4.23. The van der Waals surface area contributed by atoms with Gasteiger partial charge in [-0.2, -0.15) is 0 Å². The molecular weight excluding hydrogens is 248 g/mol. The van der Waals surface area contributed by atoms with Gasteiger partial charge in [-0.3, -0.25) is 4.79 Å². The van der Waals surface area contributed by atoms with Gasteiger partial charge in [-0.15, -0.1) is 0 Å². The number of hydrogen-bond acceptors (Lipinski definition) is 2. The molecule has 1 aliphatic rings. The summed E-state index contributed by atoms with van der Waals surface area (Å²) in [5, 5.41) is 5.10. The predicted molar refractivity (Wildman–Crippen MR) is 82.7 cm³/mol. The molecule has 1 fully saturated rings. The molecule has 3 N–H and O–H groups in total. The van der Waals surface area contributed by atoms with Crippen molar-refractivity contribution >= 4 is 22.4 Å². The van der Waals surface area contributed by atoms with Crippen molar-refractivity contribution in [2.75, 3.05) is 12.3 Å². The van der Waals surface area contributed by atoms with Crippen LogP contribution in [0.15, 0.2) is 36.4 Å². The van der Waals surface area contributed by atoms with E-state index in [1.54, 1.807) is 0 Å². The summed E-state index contributed by atoms with van der Waals surface area (Å²) in [5.41, 5.74) is 7.12. The first-order valence-corrected chi connectivity index (χ1v) is 7.30. The average Bonchev–Trinajstić information content (AvgIpc) is 2.40. The van der Waals surface area contributed by atoms with Gasteiger partial charge in [0.15, 0.2) is 0 Å². The normalized spacial score (nSPS) is 15.0. The van der Waals surface area contributed by atoms with Crippen LogP contribution in [0.3, 0.4) is 0 Å². The van der Waals surface area contributed by atoms with Gasteiger partial charge in [0, 0.05) is 12.2 Å². The molecular formula is C17H20N2O. The van der Waals surface area contributed by atoms with Crippen molar-refractivity contribution in [3.63, 3.8) is 0 Å². The number of nitrogens with one attached hydrogen (secondary N) is 1. The Balaban J connectivity index is 1.71. The van der Waals surface area contributed by atoms with Crippen LogP contribution in [-0.2, 0) is 0 Å². The number of hydrogen-bond donors (Lipinski definition) is 2. The Labute approximate surface area is 119 Å². The SMILES string of the molecule is Nc1cc2ccccc2cc1C(=O)NCCC1CCC1. The number of carbonyl (C=O) groups excluding carboxylic acids is 1. The zero-order valence-corrected chi connectivity index (χ0v) is 11.6. The summed E-state index contributed by atoms with van der Waals surface area (Å²) in [4.78, 5) is 12.2. The zero-order chi connectivity index (χ0) is 13.9. The van der Waals surface area contributed by atoms with Gasteiger partial charge in [-0.1, -0.05) is 43.5 Å². The molecule has 3 heteroatoms. The molecule has 0 aromatic heterocycles. The van der Waals surface area contributed by atoms with Crippen molar-refractivity contribution in [3.05, 3.63) is 42.0 Å². The standard InChI is InChI=1S/C17H20N2O/c18-16-11-14-7-2-1-6-13(14)10-15(16)17(20)19-9-8-12-4-3-5-12/h1-2,6-7,10-12H,3-5,8-9,18H2,(H,19,20). The molecule has 3 rings (SSSR count). The highest BCUT2D eigenvalue weighted by Gasteiger charge is 2.17. The summed E-state index contributed by atoms with van der Waals surface area (Å²) in [6.07, 6.45) is 5.05. The van der Waals surface area contributed by atoms with Crippen LogP contribution in [0.25, 0.3) is 10.8 Å². The molecule has 2 aromatic rings. The van der Waals surface area contributed by atoms with E-state index in [9.17, 15) is 4.79 Å². The fourth-order valence-corrected chi connectivity index (χ4v) is 2.72. The first-order valence-electron chi connectivity index (χ1n) is 7.30. The largest absolute Gasteiger partial charge is 0.398 e. The topological polar surface area (TPSA) is 55.1 Å². The third-order valence-electron chi connectivity index (χ3n) is 4.23. The van der Waals surface area contributed by atoms with Crippen molar-refractivity contribution in [1.29, 1.82) is 0 Å². The summed E-state index contributed by atoms with van der Waals surface area (Å²) in [6, 6.07) is 11.7. The summed E-state index contributed by atoms with van der Waals surface area (Å²) < 4.78 is 0. The first-order chi connectivity index (χ1) is 9.74. The second-order valence-corrected chi connectivity index (χ2v) is 5.63. The maximum Gasteiger partial charge on any atom is 0.253 e. The Kier molecular flexibility index (Phi) is 3.59. The van der Waals surface area contributed by atoms with Crippen molar-refractivity contribution in [2.45, 2.75) is 25.7 Å². The molecule has 0 bridgehead atoms. The van der Waals surface area contributed by atoms with Gasteiger partial charge in [0.2, 0.25) is 0 Å². The highest BCUT2D eigenvalue weighted by Crippen LogP contribution is 2.28. The van der Waals surface area contributed by atoms with Crippen LogP contribution in [-0.4, -0.2) is 12.5 Å². The summed E-state index contributed by atoms with van der Waals surface area (Å²) >= 11 is 0. The maximum atomic E-state index is 12.2. The molecule has 0 saturated heterocycles. The van der Waals surface area contributed by atoms with E-state index in [1.165, 1.54) is 19.3 Å². The number of nitrogen functional groups attached to an aromatic ring is 1. The van der Waals surface area contributed by atoms with E-state index < -0.39 is 0 Å². The van der Waals surface area contributed by atoms with E-state index in [1.807, 2.05) is 36.4 Å². The number of nitrogens with two attached hydrogens (primary N) is 1. The summed E-state index contributed by atoms with van der Waals surface area (Å²) in [7, 11) is 0. The minimum Gasteiger partial charge on any atom is -0.398 e. The van der Waals surface area contributed by atoms with Gasteiger partial charge in [0.25, 0.3) is 5.91 Å². The highest BCUT2D eigenvalue weighted by molar-refractivity contribution is 6.03. The fraction of sp³-hybridized carbons (Fsp3) is 0.353. The van der Waals surface area contributed by atoms with Crippen molar-refractivity contribution in [3.8, 4) is 0 Å². The van der Waals surface area contributed by atoms with Crippen LogP contribution in [0.5, 0.6) is 0 Å². The van der Waals surface area contributed by atoms with Crippen molar-refractivity contribution < 1.29 is 4.79 Å². The van der Waals surface area contributed by atoms with Crippen molar-refractivity contribution in [1.82, 2.24) is 5.32 Å². The number of benzene rings is 2. The number of carbonyl (C=O) groups is 1. The Hall–Kier alpha value is -2.03. The lowest BCUT2D eigenvalue weighted by molar-refractivity contribution is 0.0950. The number of amides is 1. The Bertz CT molecular complexity index is 632. The molecule has 20 heavy (non-hydrogen) atoms. The molecule has 0 aliphatic heterocycles. The Morgan fingerprint density at radius 1 is 1.20 bits per heavy atom. The van der Waals surface area contributed by atoms with Gasteiger partial charge in [-0.05, 0) is 35.2 Å². The van der Waals surface area contributed by atoms with Crippen LogP contribution >= 0.6 is 0 Å². The van der Waals surface area contributed by atoms with Crippen LogP contribution in [0.2, 0.25) is 0 Å². The van der Waals surface area contributed by atoms with Gasteiger partial charge < -0.3 is 11.1 Å². The minimum atomic E-state index is -0.0624. The van der Waals surface area contributed by atoms with Crippen LogP contribution in [0.4, 0.5) is 5.69 Å². The van der Waals surface area contributed by atoms with Gasteiger partial charge in [0.05, 0.1) is 5.56 Å². The zero-order valence-electron chi connectivity index (χ0n) is 11.6. The lowest BCUT2D eigenvalue weighted by Gasteiger charge is -2.25. The Morgan fingerprint density at radius 2 is 1.90 bits per heavy atom. The summed E-state index contributed by atoms with van der Waals surface area (Å²) in [5.74, 6) is 0.747. The van der Waals surface area contributed by atoms with E-state index in [-0.39, 0.29) is 5.91 Å². The van der Waals surface area contributed by atoms with Crippen LogP contribution in [0, 0.1) is 5.92 Å². The van der Waals surface area contributed by atoms with Crippen LogP contribution in [0.1, 0.15) is 36.0 Å². The quantitative estimate of drug-likeness (QED) is 0.836. The third kappa shape index (κ3) is 2.62. The molecule has 1 saturated carbocycles. The van der Waals surface area contributed by atoms with Crippen LogP contribution < -0.4 is 11.1 Å². The first kappa shape index (κ1) is 13.0. The van der Waals surface area contributed by atoms with Gasteiger partial charge in [0.1, 0.15) is 0 Å². The number of fused-ring (bicyclic) bond motifs is 1. The minimum absolute atomic E-state index is 0.0624. The summed E-state index contributed by atoms with van der Waals surface area (Å²) in [6.45, 7) is 0.746. The molecule has 0 unspecified atom stereocenters. The van der Waals surface area contributed by atoms with Gasteiger partial charge >= 0.3 is 0 Å². The molecule has 0 atom stereocenters. The Morgan fingerprint density at radius 3 is 2.55 bits per heavy atom. The van der Waals surface area contributed by atoms with E-state index in [0.29, 0.717) is 11.3 Å². The van der Waals surface area contributed by atoms with E-state index in [4.69, 9.17) is 5.73 Å². The van der Waals surface area contributed by atoms with Crippen molar-refractivity contribution in [2.24, 2.45) is 5.92 Å². The predicted octanol–water partition coefficient (Wildman–Crippen LogP) is 3.34. The number of anilines is 1.